The Morgan fingerprint density at radius 2 is 1.94 bits per heavy atom. The van der Waals surface area contributed by atoms with Gasteiger partial charge in [-0.3, -0.25) is 4.65 Å². The number of aryl methyl sites for hydroxylation is 1. The Kier molecular flexibility index (Phi) is 3.08. The van der Waals surface area contributed by atoms with E-state index in [4.69, 9.17) is 0 Å². The number of benzene rings is 1. The van der Waals surface area contributed by atoms with Crippen LogP contribution in [0.3, 0.4) is 0 Å². The summed E-state index contributed by atoms with van der Waals surface area (Å²) in [5, 5.41) is 22.2. The summed E-state index contributed by atoms with van der Waals surface area (Å²) in [5.41, 5.74) is 0.495. The van der Waals surface area contributed by atoms with Gasteiger partial charge in [0, 0.05) is 19.1 Å². The highest BCUT2D eigenvalue weighted by Crippen LogP contribution is 2.39. The van der Waals surface area contributed by atoms with Crippen LogP contribution in [0.15, 0.2) is 36.5 Å². The third kappa shape index (κ3) is 2.02. The highest BCUT2D eigenvalue weighted by Gasteiger charge is 2.45. The first-order valence-electron chi connectivity index (χ1n) is 6.12. The van der Waals surface area contributed by atoms with Gasteiger partial charge >= 0.3 is 0 Å². The molecule has 1 heterocycles. The Bertz CT molecular complexity index is 422. The fraction of sp³-hybridized carbons (Fsp3) is 0.429. The summed E-state index contributed by atoms with van der Waals surface area (Å²) in [6, 6.07) is 7.59. The summed E-state index contributed by atoms with van der Waals surface area (Å²) in [7, 11) is 0. The molecule has 0 bridgehead atoms. The van der Waals surface area contributed by atoms with Crippen LogP contribution in [0.2, 0.25) is 0 Å². The zero-order valence-electron chi connectivity index (χ0n) is 10.4. The van der Waals surface area contributed by atoms with Crippen LogP contribution in [-0.2, 0) is 6.42 Å². The van der Waals surface area contributed by atoms with E-state index in [9.17, 15) is 10.3 Å². The molecule has 0 spiro atoms. The lowest BCUT2D eigenvalue weighted by atomic mass is 10.0. The van der Waals surface area contributed by atoms with Crippen molar-refractivity contribution in [1.82, 2.24) is 4.65 Å². The fourth-order valence-corrected chi connectivity index (χ4v) is 2.04. The van der Waals surface area contributed by atoms with Gasteiger partial charge in [-0.05, 0) is 18.4 Å². The predicted molar refractivity (Wildman–Crippen MR) is 70.0 cm³/mol. The van der Waals surface area contributed by atoms with Crippen molar-refractivity contribution in [3.05, 3.63) is 47.3 Å². The molecule has 0 fully saturated rings. The standard InChI is InChI=1S/C14H19NO2/c1-3-4-5-12-6-8-13(9-7-12)15(17)11-10-14(15,2)16/h6-11,16H,3-5H2,1-2H3. The number of aliphatic hydroxyl groups is 1. The molecule has 2 unspecified atom stereocenters. The highest BCUT2D eigenvalue weighted by molar-refractivity contribution is 5.53. The summed E-state index contributed by atoms with van der Waals surface area (Å²) >= 11 is 0. The average Bonchev–Trinajstić information content (AvgIpc) is 2.34. The van der Waals surface area contributed by atoms with Crippen molar-refractivity contribution < 1.29 is 5.11 Å². The Hall–Kier alpha value is -1.16. The van der Waals surface area contributed by atoms with Crippen molar-refractivity contribution in [2.24, 2.45) is 0 Å². The van der Waals surface area contributed by atoms with Crippen LogP contribution in [0.25, 0.3) is 0 Å². The zero-order chi connectivity index (χ0) is 12.5. The van der Waals surface area contributed by atoms with Gasteiger partial charge in [-0.25, -0.2) is 0 Å². The van der Waals surface area contributed by atoms with Crippen molar-refractivity contribution in [2.75, 3.05) is 0 Å². The molecule has 1 aliphatic rings. The van der Waals surface area contributed by atoms with Gasteiger partial charge in [0.2, 0.25) is 5.72 Å². The summed E-state index contributed by atoms with van der Waals surface area (Å²) in [4.78, 5) is 0. The molecular weight excluding hydrogens is 214 g/mol. The van der Waals surface area contributed by atoms with Gasteiger partial charge in [-0.1, -0.05) is 25.5 Å². The smallest absolute Gasteiger partial charge is 0.231 e. The summed E-state index contributed by atoms with van der Waals surface area (Å²) in [6.07, 6.45) is 6.38. The number of nitrogens with zero attached hydrogens (tertiary/aromatic N) is 1. The van der Waals surface area contributed by atoms with Crippen molar-refractivity contribution >= 4 is 5.69 Å². The van der Waals surface area contributed by atoms with Gasteiger partial charge in [-0.2, -0.15) is 0 Å². The molecule has 17 heavy (non-hydrogen) atoms. The molecule has 0 amide bonds. The molecule has 2 atom stereocenters. The third-order valence-corrected chi connectivity index (χ3v) is 3.41. The van der Waals surface area contributed by atoms with Gasteiger partial charge in [-0.15, -0.1) is 0 Å². The van der Waals surface area contributed by atoms with Crippen molar-refractivity contribution in [3.8, 4) is 0 Å². The van der Waals surface area contributed by atoms with Crippen LogP contribution in [0, 0.1) is 5.21 Å². The van der Waals surface area contributed by atoms with E-state index < -0.39 is 10.4 Å². The quantitative estimate of drug-likeness (QED) is 0.641. The molecule has 3 heteroatoms. The molecule has 1 N–H and O–H groups in total. The SMILES string of the molecule is CCCCc1ccc([N+]2([O-])C=CC2(C)O)cc1. The van der Waals surface area contributed by atoms with Gasteiger partial charge in [0.25, 0.3) is 0 Å². The first kappa shape index (κ1) is 12.3. The van der Waals surface area contributed by atoms with E-state index in [-0.39, 0.29) is 0 Å². The Morgan fingerprint density at radius 3 is 2.35 bits per heavy atom. The Balaban J connectivity index is 2.17. The number of quaternary nitrogens is 1. The van der Waals surface area contributed by atoms with Gasteiger partial charge in [0.15, 0.2) is 0 Å². The van der Waals surface area contributed by atoms with Crippen molar-refractivity contribution in [3.63, 3.8) is 0 Å². The van der Waals surface area contributed by atoms with E-state index >= 15 is 0 Å². The predicted octanol–water partition coefficient (Wildman–Crippen LogP) is 3.07. The van der Waals surface area contributed by atoms with Gasteiger partial charge < -0.3 is 10.3 Å². The van der Waals surface area contributed by atoms with Crippen molar-refractivity contribution in [2.45, 2.75) is 38.8 Å². The zero-order valence-corrected chi connectivity index (χ0v) is 10.4. The second-order valence-electron chi connectivity index (χ2n) is 4.84. The lowest BCUT2D eigenvalue weighted by molar-refractivity contribution is -0.0171. The molecule has 1 aromatic carbocycles. The fourth-order valence-electron chi connectivity index (χ4n) is 2.04. The van der Waals surface area contributed by atoms with E-state index in [2.05, 4.69) is 6.92 Å². The maximum absolute atomic E-state index is 12.3. The van der Waals surface area contributed by atoms with Crippen LogP contribution < -0.4 is 4.65 Å². The summed E-state index contributed by atoms with van der Waals surface area (Å²) in [6.45, 7) is 3.69. The first-order valence-corrected chi connectivity index (χ1v) is 6.12. The molecule has 3 nitrogen and oxygen atoms in total. The maximum atomic E-state index is 12.3. The summed E-state index contributed by atoms with van der Waals surface area (Å²) in [5.74, 6) is 0. The monoisotopic (exact) mass is 233 g/mol. The first-order chi connectivity index (χ1) is 7.99. The maximum Gasteiger partial charge on any atom is 0.231 e. The normalized spacial score (nSPS) is 31.3. The van der Waals surface area contributed by atoms with E-state index in [0.717, 1.165) is 12.8 Å². The van der Waals surface area contributed by atoms with Crippen LogP contribution >= 0.6 is 0 Å². The van der Waals surface area contributed by atoms with Crippen LogP contribution in [0.4, 0.5) is 5.69 Å². The number of rotatable bonds is 4. The minimum absolute atomic E-state index is 0.581. The topological polar surface area (TPSA) is 43.3 Å². The molecule has 0 saturated carbocycles. The highest BCUT2D eigenvalue weighted by atomic mass is 16.6. The van der Waals surface area contributed by atoms with Crippen molar-refractivity contribution in [1.29, 1.82) is 0 Å². The second-order valence-corrected chi connectivity index (χ2v) is 4.84. The van der Waals surface area contributed by atoms with Gasteiger partial charge in [0.1, 0.15) is 11.9 Å². The minimum Gasteiger partial charge on any atom is -0.620 e. The van der Waals surface area contributed by atoms with Gasteiger partial charge in [0.05, 0.1) is 6.08 Å². The van der Waals surface area contributed by atoms with E-state index in [1.165, 1.54) is 31.2 Å². The van der Waals surface area contributed by atoms with Crippen LogP contribution in [0.1, 0.15) is 32.3 Å². The molecule has 1 aromatic rings. The van der Waals surface area contributed by atoms with E-state index in [1.54, 1.807) is 0 Å². The third-order valence-electron chi connectivity index (χ3n) is 3.41. The van der Waals surface area contributed by atoms with Crippen LogP contribution in [0.5, 0.6) is 0 Å². The molecule has 0 radical (unpaired) electrons. The number of hydrogen-bond donors (Lipinski definition) is 1. The second kappa shape index (κ2) is 4.26. The van der Waals surface area contributed by atoms with E-state index in [0.29, 0.717) is 5.69 Å². The lowest BCUT2D eigenvalue weighted by Crippen LogP contribution is -2.61. The lowest BCUT2D eigenvalue weighted by Gasteiger charge is -2.52. The molecule has 0 saturated heterocycles. The average molecular weight is 233 g/mol. The molecule has 1 aliphatic heterocycles. The summed E-state index contributed by atoms with van der Waals surface area (Å²) < 4.78 is -0.777. The Labute approximate surface area is 102 Å². The largest absolute Gasteiger partial charge is 0.620 e. The van der Waals surface area contributed by atoms with Crippen LogP contribution in [-0.4, -0.2) is 10.8 Å². The molecular formula is C14H19NO2. The number of unbranched alkanes of at least 4 members (excludes halogenated alkanes) is 1. The number of hydroxylamine groups is 2. The van der Waals surface area contributed by atoms with E-state index in [1.807, 2.05) is 24.3 Å². The molecule has 2 rings (SSSR count). The Morgan fingerprint density at radius 1 is 1.29 bits per heavy atom. The molecule has 0 aromatic heterocycles. The number of hydrogen-bond acceptors (Lipinski definition) is 2. The molecule has 92 valence electrons. The minimum atomic E-state index is -1.33. The molecule has 0 aliphatic carbocycles.